The van der Waals surface area contributed by atoms with Gasteiger partial charge >= 0.3 is 5.97 Å². The lowest BCUT2D eigenvalue weighted by Gasteiger charge is -2.29. The number of carboxylic acid groups (broad SMARTS) is 1. The highest BCUT2D eigenvalue weighted by molar-refractivity contribution is 7.89. The van der Waals surface area contributed by atoms with Gasteiger partial charge in [-0.15, -0.1) is 11.3 Å². The highest BCUT2D eigenvalue weighted by atomic mass is 32.2. The zero-order valence-electron chi connectivity index (χ0n) is 14.8. The third-order valence-electron chi connectivity index (χ3n) is 4.45. The van der Waals surface area contributed by atoms with Crippen molar-refractivity contribution >= 4 is 27.3 Å². The van der Waals surface area contributed by atoms with Gasteiger partial charge in [0.2, 0.25) is 21.7 Å². The summed E-state index contributed by atoms with van der Waals surface area (Å²) in [5, 5.41) is 13.0. The average molecular weight is 399 g/mol. The largest absolute Gasteiger partial charge is 0.481 e. The van der Waals surface area contributed by atoms with Gasteiger partial charge in [0.1, 0.15) is 0 Å². The number of aromatic nitrogens is 2. The predicted octanol–water partition coefficient (Wildman–Crippen LogP) is 2.72. The van der Waals surface area contributed by atoms with Crippen LogP contribution in [0.5, 0.6) is 0 Å². The molecule has 2 aromatic heterocycles. The topological polar surface area (TPSA) is 114 Å². The normalized spacial score (nSPS) is 17.1. The Labute approximate surface area is 155 Å². The van der Waals surface area contributed by atoms with Crippen molar-refractivity contribution in [2.45, 2.75) is 44.4 Å². The number of hydrogen-bond donors (Lipinski definition) is 1. The lowest BCUT2D eigenvalue weighted by Crippen LogP contribution is -2.40. The number of rotatable bonds is 5. The van der Waals surface area contributed by atoms with Crippen molar-refractivity contribution in [3.05, 3.63) is 16.8 Å². The molecule has 3 rings (SSSR count). The standard InChI is InChI=1S/C16H21N3O5S2/c1-9(2)15-17-14(18-24-15)12-8-13(10(3)25-12)26(22,23)19-6-4-11(5-7-19)16(20)21/h8-9,11H,4-7H2,1-3H3,(H,20,21). The summed E-state index contributed by atoms with van der Waals surface area (Å²) < 4.78 is 32.5. The first-order chi connectivity index (χ1) is 12.2. The van der Waals surface area contributed by atoms with Gasteiger partial charge in [-0.2, -0.15) is 9.29 Å². The Morgan fingerprint density at radius 1 is 1.38 bits per heavy atom. The molecule has 142 valence electrons. The molecule has 2 aromatic rings. The zero-order valence-corrected chi connectivity index (χ0v) is 16.4. The Bertz CT molecular complexity index is 908. The van der Waals surface area contributed by atoms with E-state index in [1.165, 1.54) is 15.6 Å². The third kappa shape index (κ3) is 3.53. The van der Waals surface area contributed by atoms with Gasteiger partial charge in [-0.3, -0.25) is 4.79 Å². The number of piperidine rings is 1. The Hall–Kier alpha value is -1.78. The number of aryl methyl sites for hydroxylation is 1. The fourth-order valence-corrected chi connectivity index (χ4v) is 5.84. The maximum absolute atomic E-state index is 13.0. The second-order valence-corrected chi connectivity index (χ2v) is 9.82. The van der Waals surface area contributed by atoms with E-state index in [1.54, 1.807) is 13.0 Å². The van der Waals surface area contributed by atoms with Crippen molar-refractivity contribution < 1.29 is 22.8 Å². The SMILES string of the molecule is Cc1sc(-c2noc(C(C)C)n2)cc1S(=O)(=O)N1CCC(C(=O)O)CC1. The molecule has 0 amide bonds. The van der Waals surface area contributed by atoms with E-state index in [-0.39, 0.29) is 23.9 Å². The van der Waals surface area contributed by atoms with Crippen LogP contribution in [-0.2, 0) is 14.8 Å². The number of nitrogens with zero attached hydrogens (tertiary/aromatic N) is 3. The Kier molecular flexibility index (Phi) is 5.18. The second kappa shape index (κ2) is 7.09. The van der Waals surface area contributed by atoms with Gasteiger partial charge in [-0.1, -0.05) is 19.0 Å². The van der Waals surface area contributed by atoms with Gasteiger partial charge in [-0.25, -0.2) is 8.42 Å². The Balaban J connectivity index is 1.85. The van der Waals surface area contributed by atoms with Crippen LogP contribution in [0.1, 0.15) is 43.4 Å². The molecule has 26 heavy (non-hydrogen) atoms. The van der Waals surface area contributed by atoms with Crippen molar-refractivity contribution in [2.75, 3.05) is 13.1 Å². The van der Waals surface area contributed by atoms with Gasteiger partial charge in [0.15, 0.2) is 0 Å². The molecule has 1 N–H and O–H groups in total. The predicted molar refractivity (Wildman–Crippen MR) is 95.6 cm³/mol. The second-order valence-electron chi connectivity index (χ2n) is 6.66. The van der Waals surface area contributed by atoms with Gasteiger partial charge in [0.25, 0.3) is 0 Å². The van der Waals surface area contributed by atoms with Crippen molar-refractivity contribution in [1.29, 1.82) is 0 Å². The monoisotopic (exact) mass is 399 g/mol. The van der Waals surface area contributed by atoms with Crippen molar-refractivity contribution in [3.8, 4) is 10.7 Å². The van der Waals surface area contributed by atoms with E-state index < -0.39 is 21.9 Å². The van der Waals surface area contributed by atoms with Crippen molar-refractivity contribution in [3.63, 3.8) is 0 Å². The van der Waals surface area contributed by atoms with E-state index >= 15 is 0 Å². The number of hydrogen-bond acceptors (Lipinski definition) is 7. The molecule has 0 aromatic carbocycles. The average Bonchev–Trinajstić information content (AvgIpc) is 3.21. The molecule has 0 radical (unpaired) electrons. The van der Waals surface area contributed by atoms with Crippen LogP contribution in [0.4, 0.5) is 0 Å². The van der Waals surface area contributed by atoms with Gasteiger partial charge in [0.05, 0.1) is 15.7 Å². The fourth-order valence-electron chi connectivity index (χ4n) is 2.88. The zero-order chi connectivity index (χ0) is 19.1. The van der Waals surface area contributed by atoms with Crippen LogP contribution in [0.3, 0.4) is 0 Å². The van der Waals surface area contributed by atoms with Gasteiger partial charge < -0.3 is 9.63 Å². The molecule has 1 saturated heterocycles. The van der Waals surface area contributed by atoms with E-state index in [0.29, 0.717) is 34.3 Å². The molecular formula is C16H21N3O5S2. The fraction of sp³-hybridized carbons (Fsp3) is 0.562. The number of thiophene rings is 1. The smallest absolute Gasteiger partial charge is 0.306 e. The number of carboxylic acids is 1. The first kappa shape index (κ1) is 19.0. The molecular weight excluding hydrogens is 378 g/mol. The van der Waals surface area contributed by atoms with Crippen LogP contribution in [0.25, 0.3) is 10.7 Å². The summed E-state index contributed by atoms with van der Waals surface area (Å²) in [7, 11) is -3.67. The van der Waals surface area contributed by atoms with Crippen LogP contribution < -0.4 is 0 Å². The van der Waals surface area contributed by atoms with Crippen LogP contribution in [0, 0.1) is 12.8 Å². The summed E-state index contributed by atoms with van der Waals surface area (Å²) in [6.45, 7) is 6.04. The molecule has 0 atom stereocenters. The molecule has 3 heterocycles. The minimum atomic E-state index is -3.67. The molecule has 0 aliphatic carbocycles. The minimum Gasteiger partial charge on any atom is -0.481 e. The molecule has 1 aliphatic rings. The summed E-state index contributed by atoms with van der Waals surface area (Å²) in [5.41, 5.74) is 0. The highest BCUT2D eigenvalue weighted by Crippen LogP contribution is 2.35. The lowest BCUT2D eigenvalue weighted by molar-refractivity contribution is -0.142. The molecule has 10 heteroatoms. The summed E-state index contributed by atoms with van der Waals surface area (Å²) in [4.78, 5) is 16.9. The quantitative estimate of drug-likeness (QED) is 0.822. The van der Waals surface area contributed by atoms with Gasteiger partial charge in [-0.05, 0) is 25.8 Å². The van der Waals surface area contributed by atoms with Crippen LogP contribution in [-0.4, -0.2) is 47.0 Å². The summed E-state index contributed by atoms with van der Waals surface area (Å²) in [5.74, 6) is -0.362. The van der Waals surface area contributed by atoms with E-state index in [9.17, 15) is 13.2 Å². The molecule has 8 nitrogen and oxygen atoms in total. The van der Waals surface area contributed by atoms with Crippen LogP contribution in [0.15, 0.2) is 15.5 Å². The van der Waals surface area contributed by atoms with E-state index in [0.717, 1.165) is 0 Å². The number of aliphatic carboxylic acids is 1. The first-order valence-corrected chi connectivity index (χ1v) is 10.6. The molecule has 1 aliphatic heterocycles. The number of carbonyl (C=O) groups is 1. The van der Waals surface area contributed by atoms with E-state index in [1.807, 2.05) is 13.8 Å². The maximum atomic E-state index is 13.0. The van der Waals surface area contributed by atoms with Gasteiger partial charge in [0, 0.05) is 23.9 Å². The van der Waals surface area contributed by atoms with Crippen molar-refractivity contribution in [2.24, 2.45) is 5.92 Å². The van der Waals surface area contributed by atoms with Crippen LogP contribution in [0.2, 0.25) is 0 Å². The molecule has 1 fully saturated rings. The summed E-state index contributed by atoms with van der Waals surface area (Å²) in [6, 6.07) is 1.58. The summed E-state index contributed by atoms with van der Waals surface area (Å²) in [6.07, 6.45) is 0.653. The Morgan fingerprint density at radius 3 is 2.58 bits per heavy atom. The Morgan fingerprint density at radius 2 is 2.04 bits per heavy atom. The van der Waals surface area contributed by atoms with Crippen LogP contribution >= 0.6 is 11.3 Å². The molecule has 0 spiro atoms. The number of sulfonamides is 1. The van der Waals surface area contributed by atoms with E-state index in [2.05, 4.69) is 10.1 Å². The third-order valence-corrected chi connectivity index (χ3v) is 7.65. The van der Waals surface area contributed by atoms with Crippen molar-refractivity contribution in [1.82, 2.24) is 14.4 Å². The lowest BCUT2D eigenvalue weighted by atomic mass is 9.99. The molecule has 0 bridgehead atoms. The molecule has 0 saturated carbocycles. The minimum absolute atomic E-state index is 0.0936. The highest BCUT2D eigenvalue weighted by Gasteiger charge is 2.34. The summed E-state index contributed by atoms with van der Waals surface area (Å²) >= 11 is 1.30. The first-order valence-electron chi connectivity index (χ1n) is 8.37. The molecule has 0 unspecified atom stereocenters. The maximum Gasteiger partial charge on any atom is 0.306 e. The van der Waals surface area contributed by atoms with E-state index in [4.69, 9.17) is 9.63 Å².